The highest BCUT2D eigenvalue weighted by atomic mass is 79.9. The van der Waals surface area contributed by atoms with E-state index < -0.39 is 11.7 Å². The quantitative estimate of drug-likeness (QED) is 0.801. The lowest BCUT2D eigenvalue weighted by molar-refractivity contribution is 0.0635. The van der Waals surface area contributed by atoms with Gasteiger partial charge in [0.05, 0.1) is 12.2 Å². The van der Waals surface area contributed by atoms with Gasteiger partial charge in [-0.15, -0.1) is 0 Å². The first-order valence-corrected chi connectivity index (χ1v) is 8.51. The Balaban J connectivity index is 1.96. The number of ether oxygens (including phenoxy) is 1. The number of halogens is 1. The van der Waals surface area contributed by atoms with Crippen LogP contribution >= 0.6 is 15.9 Å². The number of benzene rings is 1. The summed E-state index contributed by atoms with van der Waals surface area (Å²) in [7, 11) is 0. The van der Waals surface area contributed by atoms with Crippen molar-refractivity contribution in [3.8, 4) is 0 Å². The molecule has 2 N–H and O–H groups in total. The minimum atomic E-state index is -0.587. The highest BCUT2D eigenvalue weighted by Crippen LogP contribution is 2.14. The summed E-state index contributed by atoms with van der Waals surface area (Å²) in [5.74, 6) is -0.252. The smallest absolute Gasteiger partial charge is 0.412 e. The van der Waals surface area contributed by atoms with Crippen molar-refractivity contribution in [3.05, 3.63) is 58.3 Å². The summed E-state index contributed by atoms with van der Waals surface area (Å²) in [6.07, 6.45) is 1.11. The van der Waals surface area contributed by atoms with Gasteiger partial charge in [-0.05, 0) is 67.0 Å². The van der Waals surface area contributed by atoms with E-state index in [2.05, 4.69) is 31.5 Å². The summed E-state index contributed by atoms with van der Waals surface area (Å²) in [6.45, 7) is 5.67. The summed E-state index contributed by atoms with van der Waals surface area (Å²) in [5.41, 5.74) is 1.09. The van der Waals surface area contributed by atoms with E-state index in [0.717, 1.165) is 10.2 Å². The Hall–Kier alpha value is -2.41. The molecule has 1 aromatic heterocycles. The lowest BCUT2D eigenvalue weighted by Crippen LogP contribution is -2.27. The topological polar surface area (TPSA) is 80.3 Å². The van der Waals surface area contributed by atoms with Crippen molar-refractivity contribution in [1.29, 1.82) is 0 Å². The molecular weight excluding hydrogens is 386 g/mol. The first-order valence-electron chi connectivity index (χ1n) is 7.72. The zero-order chi connectivity index (χ0) is 18.4. The van der Waals surface area contributed by atoms with Crippen LogP contribution in [0.25, 0.3) is 0 Å². The summed E-state index contributed by atoms with van der Waals surface area (Å²) in [5, 5.41) is 5.41. The molecule has 0 fully saturated rings. The Morgan fingerprint density at radius 2 is 1.96 bits per heavy atom. The fourth-order valence-electron chi connectivity index (χ4n) is 1.94. The molecule has 0 spiro atoms. The van der Waals surface area contributed by atoms with Gasteiger partial charge in [-0.2, -0.15) is 0 Å². The predicted octanol–water partition coefficient (Wildman–Crippen LogP) is 4.12. The van der Waals surface area contributed by atoms with Crippen LogP contribution in [0.15, 0.2) is 47.1 Å². The second-order valence-corrected chi connectivity index (χ2v) is 7.27. The number of amides is 2. The van der Waals surface area contributed by atoms with Crippen molar-refractivity contribution in [2.24, 2.45) is 0 Å². The molecule has 25 heavy (non-hydrogen) atoms. The SMILES string of the molecule is CC(C)(C)OC(=O)Nc1cccc(C(=O)NCc2ccc(Br)cn2)c1. The molecule has 132 valence electrons. The summed E-state index contributed by atoms with van der Waals surface area (Å²) in [6, 6.07) is 10.3. The molecule has 0 radical (unpaired) electrons. The maximum Gasteiger partial charge on any atom is 0.412 e. The normalized spacial score (nSPS) is 10.9. The van der Waals surface area contributed by atoms with Crippen LogP contribution in [0, 0.1) is 0 Å². The second-order valence-electron chi connectivity index (χ2n) is 6.36. The summed E-state index contributed by atoms with van der Waals surface area (Å²) in [4.78, 5) is 28.3. The van der Waals surface area contributed by atoms with Gasteiger partial charge in [-0.25, -0.2) is 4.79 Å². The molecule has 0 unspecified atom stereocenters. The fourth-order valence-corrected chi connectivity index (χ4v) is 2.18. The first-order chi connectivity index (χ1) is 11.7. The van der Waals surface area contributed by atoms with Crippen LogP contribution in [-0.4, -0.2) is 22.6 Å². The molecule has 7 heteroatoms. The minimum absolute atomic E-state index is 0.252. The van der Waals surface area contributed by atoms with Gasteiger partial charge in [0, 0.05) is 21.9 Å². The van der Waals surface area contributed by atoms with Crippen molar-refractivity contribution in [3.63, 3.8) is 0 Å². The van der Waals surface area contributed by atoms with Gasteiger partial charge in [0.25, 0.3) is 5.91 Å². The highest BCUT2D eigenvalue weighted by Gasteiger charge is 2.16. The maximum atomic E-state index is 12.3. The van der Waals surface area contributed by atoms with E-state index in [9.17, 15) is 9.59 Å². The molecule has 1 aromatic carbocycles. The minimum Gasteiger partial charge on any atom is -0.444 e. The lowest BCUT2D eigenvalue weighted by Gasteiger charge is -2.19. The van der Waals surface area contributed by atoms with Gasteiger partial charge in [-0.1, -0.05) is 6.07 Å². The number of pyridine rings is 1. The number of hydrogen-bond donors (Lipinski definition) is 2. The van der Waals surface area contributed by atoms with Crippen molar-refractivity contribution < 1.29 is 14.3 Å². The predicted molar refractivity (Wildman–Crippen MR) is 99.4 cm³/mol. The number of anilines is 1. The third-order valence-electron chi connectivity index (χ3n) is 2.99. The lowest BCUT2D eigenvalue weighted by atomic mass is 10.2. The van der Waals surface area contributed by atoms with Gasteiger partial charge in [0.2, 0.25) is 0 Å². The Morgan fingerprint density at radius 3 is 2.60 bits per heavy atom. The van der Waals surface area contributed by atoms with Crippen molar-refractivity contribution in [2.45, 2.75) is 32.9 Å². The Morgan fingerprint density at radius 1 is 1.20 bits per heavy atom. The number of carbonyl (C=O) groups is 2. The van der Waals surface area contributed by atoms with Gasteiger partial charge in [0.15, 0.2) is 0 Å². The molecular formula is C18H20BrN3O3. The van der Waals surface area contributed by atoms with Crippen molar-refractivity contribution in [2.75, 3.05) is 5.32 Å². The van der Waals surface area contributed by atoms with E-state index in [4.69, 9.17) is 4.74 Å². The Kier molecular flexibility index (Phi) is 6.14. The molecule has 1 heterocycles. The monoisotopic (exact) mass is 405 g/mol. The number of rotatable bonds is 4. The molecule has 2 aromatic rings. The molecule has 0 aliphatic rings. The van der Waals surface area contributed by atoms with E-state index in [1.165, 1.54) is 0 Å². The molecule has 2 rings (SSSR count). The average Bonchev–Trinajstić information content (AvgIpc) is 2.52. The maximum absolute atomic E-state index is 12.3. The van der Waals surface area contributed by atoms with Gasteiger partial charge in [-0.3, -0.25) is 15.1 Å². The van der Waals surface area contributed by atoms with Crippen LogP contribution in [0.4, 0.5) is 10.5 Å². The van der Waals surface area contributed by atoms with Crippen LogP contribution in [-0.2, 0) is 11.3 Å². The van der Waals surface area contributed by atoms with Crippen LogP contribution in [0.2, 0.25) is 0 Å². The Labute approximate surface area is 155 Å². The van der Waals surface area contributed by atoms with Gasteiger partial charge >= 0.3 is 6.09 Å². The van der Waals surface area contributed by atoms with Crippen LogP contribution in [0.5, 0.6) is 0 Å². The molecule has 0 aliphatic heterocycles. The zero-order valence-corrected chi connectivity index (χ0v) is 15.9. The standard InChI is InChI=1S/C18H20BrN3O3/c1-18(2,3)25-17(24)22-14-6-4-5-12(9-14)16(23)21-11-15-8-7-13(19)10-20-15/h4-10H,11H2,1-3H3,(H,21,23)(H,22,24). The largest absolute Gasteiger partial charge is 0.444 e. The van der Waals surface area contributed by atoms with Gasteiger partial charge < -0.3 is 10.1 Å². The van der Waals surface area contributed by atoms with Crippen LogP contribution < -0.4 is 10.6 Å². The number of nitrogens with one attached hydrogen (secondary N) is 2. The highest BCUT2D eigenvalue weighted by molar-refractivity contribution is 9.10. The van der Waals surface area contributed by atoms with Gasteiger partial charge in [0.1, 0.15) is 5.60 Å². The van der Waals surface area contributed by atoms with E-state index in [1.807, 2.05) is 12.1 Å². The molecule has 0 aliphatic carbocycles. The number of aromatic nitrogens is 1. The van der Waals surface area contributed by atoms with Crippen LogP contribution in [0.3, 0.4) is 0 Å². The number of nitrogens with zero attached hydrogens (tertiary/aromatic N) is 1. The number of hydrogen-bond acceptors (Lipinski definition) is 4. The van der Waals surface area contributed by atoms with E-state index in [-0.39, 0.29) is 5.91 Å². The van der Waals surface area contributed by atoms with Crippen molar-refractivity contribution in [1.82, 2.24) is 10.3 Å². The third kappa shape index (κ3) is 6.54. The molecule has 0 saturated heterocycles. The molecule has 2 amide bonds. The number of carbonyl (C=O) groups excluding carboxylic acids is 2. The first kappa shape index (κ1) is 18.9. The fraction of sp³-hybridized carbons (Fsp3) is 0.278. The zero-order valence-electron chi connectivity index (χ0n) is 14.3. The molecule has 0 atom stereocenters. The molecule has 6 nitrogen and oxygen atoms in total. The molecule has 0 saturated carbocycles. The van der Waals surface area contributed by atoms with E-state index in [1.54, 1.807) is 51.2 Å². The van der Waals surface area contributed by atoms with Crippen LogP contribution in [0.1, 0.15) is 36.8 Å². The summed E-state index contributed by atoms with van der Waals surface area (Å²) >= 11 is 3.31. The average molecular weight is 406 g/mol. The summed E-state index contributed by atoms with van der Waals surface area (Å²) < 4.78 is 6.07. The molecule has 0 bridgehead atoms. The van der Waals surface area contributed by atoms with Crippen molar-refractivity contribution >= 4 is 33.6 Å². The second kappa shape index (κ2) is 8.11. The van der Waals surface area contributed by atoms with E-state index in [0.29, 0.717) is 17.8 Å². The Bertz CT molecular complexity index is 755. The third-order valence-corrected chi connectivity index (χ3v) is 3.46. The van der Waals surface area contributed by atoms with E-state index >= 15 is 0 Å².